The van der Waals surface area contributed by atoms with Crippen LogP contribution in [0.5, 0.6) is 0 Å². The molecular weight excluding hydrogens is 164 g/mol. The lowest BCUT2D eigenvalue weighted by Crippen LogP contribution is -2.52. The van der Waals surface area contributed by atoms with Crippen molar-refractivity contribution in [1.82, 2.24) is 10.2 Å². The molecule has 3 heteroatoms. The molecule has 0 spiro atoms. The van der Waals surface area contributed by atoms with Gasteiger partial charge in [-0.2, -0.15) is 0 Å². The van der Waals surface area contributed by atoms with E-state index in [1.54, 1.807) is 0 Å². The number of nitrogens with zero attached hydrogens (tertiary/aromatic N) is 1. The summed E-state index contributed by atoms with van der Waals surface area (Å²) in [6, 6.07) is 0.383. The van der Waals surface area contributed by atoms with E-state index >= 15 is 0 Å². The Labute approximate surface area is 79.5 Å². The molecule has 0 aromatic carbocycles. The van der Waals surface area contributed by atoms with E-state index in [1.165, 1.54) is 0 Å². The van der Waals surface area contributed by atoms with Crippen molar-refractivity contribution in [2.45, 2.75) is 26.3 Å². The highest BCUT2D eigenvalue weighted by Crippen LogP contribution is 2.39. The summed E-state index contributed by atoms with van der Waals surface area (Å²) in [6.07, 6.45) is 1.11. The van der Waals surface area contributed by atoms with Crippen LogP contribution in [0.25, 0.3) is 0 Å². The molecule has 1 aliphatic heterocycles. The highest BCUT2D eigenvalue weighted by atomic mass is 16.2. The van der Waals surface area contributed by atoms with E-state index in [0.717, 1.165) is 26.1 Å². The molecule has 2 rings (SSSR count). The maximum Gasteiger partial charge on any atom is 0.226 e. The number of rotatable bonds is 1. The van der Waals surface area contributed by atoms with Gasteiger partial charge in [0.1, 0.15) is 0 Å². The minimum atomic E-state index is 0.348. The Morgan fingerprint density at radius 2 is 2.15 bits per heavy atom. The van der Waals surface area contributed by atoms with Crippen LogP contribution in [-0.4, -0.2) is 36.5 Å². The summed E-state index contributed by atoms with van der Waals surface area (Å²) >= 11 is 0. The molecular formula is C10H18N2O. The SMILES string of the molecule is CC1CC1C(=O)N1CCNC[C@@H]1C. The van der Waals surface area contributed by atoms with Crippen molar-refractivity contribution in [1.29, 1.82) is 0 Å². The molecule has 0 aromatic rings. The predicted molar refractivity (Wildman–Crippen MR) is 51.3 cm³/mol. The average Bonchev–Trinajstić information content (AvgIpc) is 2.82. The molecule has 1 heterocycles. The number of piperazine rings is 1. The first-order valence-corrected chi connectivity index (χ1v) is 5.21. The second-order valence-corrected chi connectivity index (χ2v) is 4.40. The van der Waals surface area contributed by atoms with Crippen LogP contribution in [0.15, 0.2) is 0 Å². The van der Waals surface area contributed by atoms with Gasteiger partial charge in [-0.3, -0.25) is 4.79 Å². The van der Waals surface area contributed by atoms with Crippen LogP contribution in [0.3, 0.4) is 0 Å². The summed E-state index contributed by atoms with van der Waals surface area (Å²) in [4.78, 5) is 13.9. The number of carbonyl (C=O) groups excluding carboxylic acids is 1. The summed E-state index contributed by atoms with van der Waals surface area (Å²) in [6.45, 7) is 7.08. The Kier molecular flexibility index (Phi) is 2.28. The zero-order valence-corrected chi connectivity index (χ0v) is 8.42. The lowest BCUT2D eigenvalue weighted by atomic mass is 10.2. The number of hydrogen-bond donors (Lipinski definition) is 1. The predicted octanol–water partition coefficient (Wildman–Crippen LogP) is 0.463. The van der Waals surface area contributed by atoms with Crippen molar-refractivity contribution in [3.8, 4) is 0 Å². The van der Waals surface area contributed by atoms with Gasteiger partial charge in [-0.05, 0) is 19.3 Å². The standard InChI is InChI=1S/C10H18N2O/c1-7-5-9(7)10(13)12-4-3-11-6-8(12)2/h7-9,11H,3-6H2,1-2H3/t7?,8-,9?/m0/s1. The van der Waals surface area contributed by atoms with E-state index in [4.69, 9.17) is 0 Å². The highest BCUT2D eigenvalue weighted by Gasteiger charge is 2.42. The Balaban J connectivity index is 1.94. The van der Waals surface area contributed by atoms with E-state index < -0.39 is 0 Å². The molecule has 3 nitrogen and oxygen atoms in total. The van der Waals surface area contributed by atoms with Crippen molar-refractivity contribution in [2.75, 3.05) is 19.6 Å². The van der Waals surface area contributed by atoms with Gasteiger partial charge in [0.15, 0.2) is 0 Å². The number of hydrogen-bond acceptors (Lipinski definition) is 2. The van der Waals surface area contributed by atoms with Gasteiger partial charge in [0.2, 0.25) is 5.91 Å². The average molecular weight is 182 g/mol. The van der Waals surface area contributed by atoms with Crippen LogP contribution in [0.4, 0.5) is 0 Å². The first-order valence-electron chi connectivity index (χ1n) is 5.21. The van der Waals surface area contributed by atoms with Crippen molar-refractivity contribution >= 4 is 5.91 Å². The molecule has 1 saturated heterocycles. The maximum atomic E-state index is 11.9. The van der Waals surface area contributed by atoms with Crippen molar-refractivity contribution in [3.05, 3.63) is 0 Å². The van der Waals surface area contributed by atoms with Gasteiger partial charge in [0, 0.05) is 31.6 Å². The van der Waals surface area contributed by atoms with Crippen LogP contribution in [-0.2, 0) is 4.79 Å². The van der Waals surface area contributed by atoms with Gasteiger partial charge in [-0.25, -0.2) is 0 Å². The second-order valence-electron chi connectivity index (χ2n) is 4.40. The van der Waals surface area contributed by atoms with Gasteiger partial charge < -0.3 is 10.2 Å². The van der Waals surface area contributed by atoms with Crippen LogP contribution in [0.1, 0.15) is 20.3 Å². The van der Waals surface area contributed by atoms with Crippen LogP contribution >= 0.6 is 0 Å². The zero-order chi connectivity index (χ0) is 9.42. The lowest BCUT2D eigenvalue weighted by molar-refractivity contribution is -0.135. The van der Waals surface area contributed by atoms with Crippen molar-refractivity contribution in [3.63, 3.8) is 0 Å². The molecule has 2 aliphatic rings. The molecule has 0 bridgehead atoms. The highest BCUT2D eigenvalue weighted by molar-refractivity contribution is 5.82. The van der Waals surface area contributed by atoms with Gasteiger partial charge >= 0.3 is 0 Å². The minimum absolute atomic E-state index is 0.348. The Morgan fingerprint density at radius 1 is 1.46 bits per heavy atom. The molecule has 1 N–H and O–H groups in total. The molecule has 2 unspecified atom stereocenters. The summed E-state index contributed by atoms with van der Waals surface area (Å²) < 4.78 is 0. The first-order chi connectivity index (χ1) is 6.20. The third-order valence-electron chi connectivity index (χ3n) is 3.21. The summed E-state index contributed by atoms with van der Waals surface area (Å²) in [5.74, 6) is 1.37. The van der Waals surface area contributed by atoms with Gasteiger partial charge in [-0.15, -0.1) is 0 Å². The van der Waals surface area contributed by atoms with Gasteiger partial charge in [-0.1, -0.05) is 6.92 Å². The van der Waals surface area contributed by atoms with Crippen LogP contribution in [0, 0.1) is 11.8 Å². The molecule has 13 heavy (non-hydrogen) atoms. The topological polar surface area (TPSA) is 32.3 Å². The lowest BCUT2D eigenvalue weighted by Gasteiger charge is -2.34. The van der Waals surface area contributed by atoms with E-state index in [0.29, 0.717) is 23.8 Å². The largest absolute Gasteiger partial charge is 0.337 e. The number of amides is 1. The first kappa shape index (κ1) is 9.00. The fourth-order valence-corrected chi connectivity index (χ4v) is 2.05. The minimum Gasteiger partial charge on any atom is -0.337 e. The normalized spacial score (nSPS) is 38.9. The van der Waals surface area contributed by atoms with E-state index in [2.05, 4.69) is 19.2 Å². The molecule has 1 saturated carbocycles. The van der Waals surface area contributed by atoms with Gasteiger partial charge in [0.05, 0.1) is 0 Å². The molecule has 1 aliphatic carbocycles. The molecule has 74 valence electrons. The smallest absolute Gasteiger partial charge is 0.226 e. The van der Waals surface area contributed by atoms with Crippen LogP contribution in [0.2, 0.25) is 0 Å². The third-order valence-corrected chi connectivity index (χ3v) is 3.21. The third kappa shape index (κ3) is 1.70. The Hall–Kier alpha value is -0.570. The zero-order valence-electron chi connectivity index (χ0n) is 8.42. The van der Waals surface area contributed by atoms with E-state index in [-0.39, 0.29) is 0 Å². The number of nitrogens with one attached hydrogen (secondary N) is 1. The summed E-state index contributed by atoms with van der Waals surface area (Å²) in [5, 5.41) is 3.30. The fourth-order valence-electron chi connectivity index (χ4n) is 2.05. The van der Waals surface area contributed by atoms with Crippen LogP contribution < -0.4 is 5.32 Å². The molecule has 2 fully saturated rings. The summed E-state index contributed by atoms with van der Waals surface area (Å²) in [7, 11) is 0. The Bertz CT molecular complexity index is 217. The van der Waals surface area contributed by atoms with E-state index in [9.17, 15) is 4.79 Å². The monoisotopic (exact) mass is 182 g/mol. The molecule has 0 radical (unpaired) electrons. The van der Waals surface area contributed by atoms with E-state index in [1.807, 2.05) is 4.90 Å². The number of carbonyl (C=O) groups is 1. The van der Waals surface area contributed by atoms with Gasteiger partial charge in [0.25, 0.3) is 0 Å². The molecule has 0 aromatic heterocycles. The van der Waals surface area contributed by atoms with Crippen molar-refractivity contribution < 1.29 is 4.79 Å². The Morgan fingerprint density at radius 3 is 2.69 bits per heavy atom. The fraction of sp³-hybridized carbons (Fsp3) is 0.900. The summed E-state index contributed by atoms with van der Waals surface area (Å²) in [5.41, 5.74) is 0. The maximum absolute atomic E-state index is 11.9. The van der Waals surface area contributed by atoms with Crippen molar-refractivity contribution in [2.24, 2.45) is 11.8 Å². The molecule has 1 amide bonds. The molecule has 3 atom stereocenters. The quantitative estimate of drug-likeness (QED) is 0.639. The second kappa shape index (κ2) is 3.29.